The molecule has 8 heteroatoms. The van der Waals surface area contributed by atoms with Crippen LogP contribution in [0, 0.1) is 0 Å². The van der Waals surface area contributed by atoms with E-state index < -0.39 is 9.05 Å². The lowest BCUT2D eigenvalue weighted by atomic mass is 9.99. The summed E-state index contributed by atoms with van der Waals surface area (Å²) >= 11 is 9.26. The summed E-state index contributed by atoms with van der Waals surface area (Å²) in [4.78, 5) is 13.9. The van der Waals surface area contributed by atoms with Crippen LogP contribution in [0.1, 0.15) is 37.6 Å². The molecular formula is C13H16BrCl2NO3S. The van der Waals surface area contributed by atoms with Gasteiger partial charge in [0.05, 0.1) is 15.5 Å². The molecule has 1 rings (SSSR count). The largest absolute Gasteiger partial charge is 0.337 e. The number of halogens is 3. The molecule has 1 aromatic carbocycles. The molecule has 0 radical (unpaired) electrons. The van der Waals surface area contributed by atoms with Gasteiger partial charge in [-0.3, -0.25) is 4.79 Å². The first-order valence-corrected chi connectivity index (χ1v) is 9.61. The molecule has 4 nitrogen and oxygen atoms in total. The molecule has 1 amide bonds. The molecule has 0 aliphatic carbocycles. The van der Waals surface area contributed by atoms with Gasteiger partial charge in [-0.25, -0.2) is 8.42 Å². The predicted octanol–water partition coefficient (Wildman–Crippen LogP) is 4.29. The lowest BCUT2D eigenvalue weighted by Crippen LogP contribution is -2.44. The Balaban J connectivity index is 3.43. The number of hydrogen-bond acceptors (Lipinski definition) is 3. The van der Waals surface area contributed by atoms with Crippen LogP contribution in [0.3, 0.4) is 0 Å². The van der Waals surface area contributed by atoms with E-state index in [1.54, 1.807) is 7.05 Å². The summed E-state index contributed by atoms with van der Waals surface area (Å²) in [5.74, 6) is -0.366. The minimum atomic E-state index is -3.95. The van der Waals surface area contributed by atoms with Gasteiger partial charge in [0.2, 0.25) is 0 Å². The maximum Gasteiger partial charge on any atom is 0.261 e. The zero-order valence-electron chi connectivity index (χ0n) is 12.1. The van der Waals surface area contributed by atoms with Gasteiger partial charge in [-0.2, -0.15) is 0 Å². The normalized spacial score (nSPS) is 12.3. The van der Waals surface area contributed by atoms with Gasteiger partial charge in [0.15, 0.2) is 0 Å². The first-order valence-electron chi connectivity index (χ1n) is 6.13. The van der Waals surface area contributed by atoms with E-state index in [-0.39, 0.29) is 26.9 Å². The fraction of sp³-hybridized carbons (Fsp3) is 0.462. The smallest absolute Gasteiger partial charge is 0.261 e. The zero-order valence-corrected chi connectivity index (χ0v) is 16.0. The van der Waals surface area contributed by atoms with Crippen LogP contribution in [0.15, 0.2) is 21.5 Å². The molecule has 0 unspecified atom stereocenters. The molecule has 118 valence electrons. The summed E-state index contributed by atoms with van der Waals surface area (Å²) < 4.78 is 23.2. The van der Waals surface area contributed by atoms with Crippen LogP contribution < -0.4 is 0 Å². The fourth-order valence-corrected chi connectivity index (χ4v) is 3.14. The monoisotopic (exact) mass is 415 g/mol. The van der Waals surface area contributed by atoms with Crippen LogP contribution in [0.4, 0.5) is 0 Å². The van der Waals surface area contributed by atoms with Crippen molar-refractivity contribution in [2.75, 3.05) is 7.05 Å². The number of hydrogen-bond donors (Lipinski definition) is 0. The van der Waals surface area contributed by atoms with Crippen molar-refractivity contribution < 1.29 is 13.2 Å². The van der Waals surface area contributed by atoms with Gasteiger partial charge in [-0.15, -0.1) is 0 Å². The Hall–Kier alpha value is -0.300. The first-order chi connectivity index (χ1) is 9.41. The Morgan fingerprint density at radius 1 is 1.38 bits per heavy atom. The number of amides is 1. The van der Waals surface area contributed by atoms with Crippen molar-refractivity contribution in [1.82, 2.24) is 4.90 Å². The van der Waals surface area contributed by atoms with Crippen LogP contribution in [0.2, 0.25) is 5.02 Å². The van der Waals surface area contributed by atoms with Crippen molar-refractivity contribution in [3.8, 4) is 0 Å². The van der Waals surface area contributed by atoms with Crippen molar-refractivity contribution in [2.45, 2.75) is 37.6 Å². The van der Waals surface area contributed by atoms with E-state index in [2.05, 4.69) is 15.9 Å². The van der Waals surface area contributed by atoms with Crippen molar-refractivity contribution in [3.63, 3.8) is 0 Å². The Bertz CT molecular complexity index is 674. The second-order valence-electron chi connectivity index (χ2n) is 5.23. The van der Waals surface area contributed by atoms with E-state index in [0.29, 0.717) is 4.47 Å². The molecule has 0 fully saturated rings. The molecule has 0 aliphatic rings. The Morgan fingerprint density at radius 3 is 2.33 bits per heavy atom. The minimum Gasteiger partial charge on any atom is -0.337 e. The number of carbonyl (C=O) groups is 1. The third-order valence-electron chi connectivity index (χ3n) is 3.59. The second-order valence-corrected chi connectivity index (χ2v) is 9.03. The summed E-state index contributed by atoms with van der Waals surface area (Å²) in [6.07, 6.45) is 0.738. The van der Waals surface area contributed by atoms with Gasteiger partial charge in [-0.1, -0.05) is 18.5 Å². The molecule has 0 atom stereocenters. The Labute approximate surface area is 143 Å². The van der Waals surface area contributed by atoms with Crippen LogP contribution in [0.5, 0.6) is 0 Å². The molecule has 0 saturated carbocycles. The highest BCUT2D eigenvalue weighted by Crippen LogP contribution is 2.33. The predicted molar refractivity (Wildman–Crippen MR) is 88.7 cm³/mol. The highest BCUT2D eigenvalue weighted by atomic mass is 79.9. The van der Waals surface area contributed by atoms with E-state index in [0.717, 1.165) is 6.42 Å². The lowest BCUT2D eigenvalue weighted by molar-refractivity contribution is 0.0620. The van der Waals surface area contributed by atoms with Crippen LogP contribution in [-0.2, 0) is 9.05 Å². The first kappa shape index (κ1) is 18.7. The molecule has 0 saturated heterocycles. The molecule has 0 aromatic heterocycles. The highest BCUT2D eigenvalue weighted by Gasteiger charge is 2.29. The van der Waals surface area contributed by atoms with Crippen molar-refractivity contribution in [3.05, 3.63) is 27.2 Å². The number of benzene rings is 1. The molecule has 21 heavy (non-hydrogen) atoms. The molecular weight excluding hydrogens is 401 g/mol. The summed E-state index contributed by atoms with van der Waals surface area (Å²) in [5, 5.41) is 0.155. The average Bonchev–Trinajstić information content (AvgIpc) is 2.38. The van der Waals surface area contributed by atoms with E-state index in [1.807, 2.05) is 20.8 Å². The summed E-state index contributed by atoms with van der Waals surface area (Å²) in [6.45, 7) is 5.78. The van der Waals surface area contributed by atoms with Gasteiger partial charge < -0.3 is 4.90 Å². The third-order valence-corrected chi connectivity index (χ3v) is 6.19. The molecule has 0 spiro atoms. The molecule has 0 bridgehead atoms. The zero-order chi connectivity index (χ0) is 16.6. The summed E-state index contributed by atoms with van der Waals surface area (Å²) in [6, 6.07) is 2.46. The van der Waals surface area contributed by atoms with Crippen molar-refractivity contribution in [1.29, 1.82) is 0 Å². The highest BCUT2D eigenvalue weighted by molar-refractivity contribution is 9.10. The summed E-state index contributed by atoms with van der Waals surface area (Å²) in [5.41, 5.74) is -0.294. The second kappa shape index (κ2) is 6.44. The van der Waals surface area contributed by atoms with E-state index in [4.69, 9.17) is 22.3 Å². The molecule has 1 aromatic rings. The Morgan fingerprint density at radius 2 is 1.90 bits per heavy atom. The molecule has 0 aliphatic heterocycles. The van der Waals surface area contributed by atoms with Crippen LogP contribution >= 0.6 is 38.2 Å². The SMILES string of the molecule is CCC(C)(C)N(C)C(=O)c1cc(S(=O)(=O)Cl)cc(Br)c1Cl. The quantitative estimate of drug-likeness (QED) is 0.687. The van der Waals surface area contributed by atoms with Crippen molar-refractivity contribution in [2.24, 2.45) is 0 Å². The van der Waals surface area contributed by atoms with Gasteiger partial charge >= 0.3 is 0 Å². The number of rotatable bonds is 4. The number of nitrogens with zero attached hydrogens (tertiary/aromatic N) is 1. The van der Waals surface area contributed by atoms with E-state index in [1.165, 1.54) is 17.0 Å². The molecule has 0 N–H and O–H groups in total. The van der Waals surface area contributed by atoms with Gasteiger partial charge in [-0.05, 0) is 48.3 Å². The van der Waals surface area contributed by atoms with E-state index in [9.17, 15) is 13.2 Å². The fourth-order valence-electron chi connectivity index (χ4n) is 1.55. The van der Waals surface area contributed by atoms with Crippen LogP contribution in [-0.4, -0.2) is 31.8 Å². The minimum absolute atomic E-state index is 0.0919. The van der Waals surface area contributed by atoms with Crippen LogP contribution in [0.25, 0.3) is 0 Å². The summed E-state index contributed by atoms with van der Waals surface area (Å²) in [7, 11) is 3.04. The lowest BCUT2D eigenvalue weighted by Gasteiger charge is -2.35. The van der Waals surface area contributed by atoms with E-state index >= 15 is 0 Å². The Kier molecular flexibility index (Phi) is 5.75. The van der Waals surface area contributed by atoms with Gasteiger partial charge in [0.1, 0.15) is 0 Å². The van der Waals surface area contributed by atoms with Gasteiger partial charge in [0, 0.05) is 27.7 Å². The van der Waals surface area contributed by atoms with Gasteiger partial charge in [0.25, 0.3) is 15.0 Å². The topological polar surface area (TPSA) is 54.5 Å². The van der Waals surface area contributed by atoms with Crippen molar-refractivity contribution >= 4 is 53.2 Å². The molecule has 0 heterocycles. The average molecular weight is 417 g/mol. The number of carbonyl (C=O) groups excluding carboxylic acids is 1. The maximum absolute atomic E-state index is 12.6. The maximum atomic E-state index is 12.6. The standard InChI is InChI=1S/C13H16BrCl2NO3S/c1-5-13(2,3)17(4)12(18)9-6-8(21(16,19)20)7-10(14)11(9)15/h6-7H,5H2,1-4H3. The third kappa shape index (κ3) is 4.12.